The number of carbonyl (C=O) groups excluding carboxylic acids is 1. The maximum absolute atomic E-state index is 15.2. The van der Waals surface area contributed by atoms with Crippen LogP contribution in [0.3, 0.4) is 0 Å². The number of anilines is 2. The van der Waals surface area contributed by atoms with Gasteiger partial charge in [-0.2, -0.15) is 0 Å². The minimum Gasteiger partial charge on any atom is -0.489 e. The Balaban J connectivity index is 1.47. The third-order valence-corrected chi connectivity index (χ3v) is 6.57. The Kier molecular flexibility index (Phi) is 5.76. The van der Waals surface area contributed by atoms with Crippen molar-refractivity contribution < 1.29 is 23.0 Å². The summed E-state index contributed by atoms with van der Waals surface area (Å²) in [6.07, 6.45) is 3.15. The van der Waals surface area contributed by atoms with E-state index in [9.17, 15) is 9.18 Å². The van der Waals surface area contributed by atoms with Crippen LogP contribution < -0.4 is 25.8 Å². The molecule has 0 unspecified atom stereocenters. The molecule has 5 rings (SSSR count). The van der Waals surface area contributed by atoms with Crippen LogP contribution in [0.25, 0.3) is 11.3 Å². The molecule has 2 aromatic carbocycles. The SMILES string of the molecule is CNCCOc1c(N)ncnc1-c1cc(F)cc(NC(=O)c2ccc3c(c2F)OCC32CC2)c1C. The number of ether oxygens (including phenoxy) is 2. The van der Waals surface area contributed by atoms with E-state index in [1.54, 1.807) is 20.0 Å². The summed E-state index contributed by atoms with van der Waals surface area (Å²) in [6, 6.07) is 5.64. The van der Waals surface area contributed by atoms with Gasteiger partial charge in [0.25, 0.3) is 5.91 Å². The van der Waals surface area contributed by atoms with Gasteiger partial charge in [-0.1, -0.05) is 6.07 Å². The maximum Gasteiger partial charge on any atom is 0.258 e. The van der Waals surface area contributed by atoms with E-state index in [2.05, 4.69) is 20.6 Å². The molecule has 1 amide bonds. The van der Waals surface area contributed by atoms with Crippen molar-refractivity contribution in [2.45, 2.75) is 25.2 Å². The zero-order valence-corrected chi connectivity index (χ0v) is 19.4. The van der Waals surface area contributed by atoms with Gasteiger partial charge in [-0.05, 0) is 50.6 Å². The fourth-order valence-corrected chi connectivity index (χ4v) is 4.36. The number of nitrogens with two attached hydrogens (primary N) is 1. The van der Waals surface area contributed by atoms with Gasteiger partial charge in [0.15, 0.2) is 23.1 Å². The Hall–Kier alpha value is -3.79. The van der Waals surface area contributed by atoms with Gasteiger partial charge < -0.3 is 25.8 Å². The summed E-state index contributed by atoms with van der Waals surface area (Å²) < 4.78 is 41.1. The van der Waals surface area contributed by atoms with Gasteiger partial charge in [0.2, 0.25) is 0 Å². The third kappa shape index (κ3) is 4.03. The number of likely N-dealkylation sites (N-methyl/N-ethyl adjacent to an activating group) is 1. The van der Waals surface area contributed by atoms with E-state index in [-0.39, 0.29) is 39.7 Å². The summed E-state index contributed by atoms with van der Waals surface area (Å²) in [5, 5.41) is 5.59. The van der Waals surface area contributed by atoms with Crippen LogP contribution in [0.1, 0.15) is 34.3 Å². The lowest BCUT2D eigenvalue weighted by atomic mass is 9.96. The first-order chi connectivity index (χ1) is 16.8. The molecule has 2 heterocycles. The zero-order chi connectivity index (χ0) is 24.7. The molecule has 2 aliphatic rings. The topological polar surface area (TPSA) is 111 Å². The number of hydrogen-bond acceptors (Lipinski definition) is 7. The summed E-state index contributed by atoms with van der Waals surface area (Å²) in [6.45, 7) is 2.96. The van der Waals surface area contributed by atoms with Crippen LogP contribution in [0.5, 0.6) is 11.5 Å². The number of hydrogen-bond donors (Lipinski definition) is 3. The first kappa shape index (κ1) is 23.0. The molecule has 10 heteroatoms. The second kappa shape index (κ2) is 8.77. The number of amides is 1. The number of carbonyl (C=O) groups is 1. The minimum atomic E-state index is -0.710. The minimum absolute atomic E-state index is 0.106. The number of nitrogens with zero attached hydrogens (tertiary/aromatic N) is 2. The van der Waals surface area contributed by atoms with Gasteiger partial charge in [0, 0.05) is 28.8 Å². The number of nitrogen functional groups attached to an aromatic ring is 1. The van der Waals surface area contributed by atoms with Crippen LogP contribution in [0.4, 0.5) is 20.3 Å². The highest BCUT2D eigenvalue weighted by Gasteiger charge is 2.51. The quantitative estimate of drug-likeness (QED) is 0.442. The lowest BCUT2D eigenvalue weighted by Crippen LogP contribution is -2.17. The Labute approximate surface area is 200 Å². The number of fused-ring (bicyclic) bond motifs is 2. The molecule has 1 fully saturated rings. The largest absolute Gasteiger partial charge is 0.489 e. The van der Waals surface area contributed by atoms with E-state index in [1.165, 1.54) is 24.5 Å². The first-order valence-electron chi connectivity index (χ1n) is 11.3. The normalized spacial score (nSPS) is 15.0. The predicted octanol–water partition coefficient (Wildman–Crippen LogP) is 3.59. The molecular weight excluding hydrogens is 456 g/mol. The van der Waals surface area contributed by atoms with Crippen LogP contribution in [-0.2, 0) is 5.41 Å². The van der Waals surface area contributed by atoms with Crippen LogP contribution in [0.15, 0.2) is 30.6 Å². The van der Waals surface area contributed by atoms with Gasteiger partial charge in [-0.3, -0.25) is 4.79 Å². The molecule has 0 bridgehead atoms. The van der Waals surface area contributed by atoms with Crippen molar-refractivity contribution in [3.05, 3.63) is 58.9 Å². The molecule has 1 aromatic heterocycles. The second-order valence-electron chi connectivity index (χ2n) is 8.84. The van der Waals surface area contributed by atoms with Crippen molar-refractivity contribution in [3.8, 4) is 22.8 Å². The molecule has 182 valence electrons. The Morgan fingerprint density at radius 3 is 2.80 bits per heavy atom. The molecule has 4 N–H and O–H groups in total. The molecule has 1 aliphatic heterocycles. The molecule has 3 aromatic rings. The number of aromatic nitrogens is 2. The number of nitrogens with one attached hydrogen (secondary N) is 2. The van der Waals surface area contributed by atoms with Crippen LogP contribution in [0.2, 0.25) is 0 Å². The average molecular weight is 482 g/mol. The monoisotopic (exact) mass is 481 g/mol. The average Bonchev–Trinajstić information content (AvgIpc) is 3.52. The molecule has 1 aliphatic carbocycles. The molecule has 0 radical (unpaired) electrons. The van der Waals surface area contributed by atoms with E-state index < -0.39 is 17.5 Å². The highest BCUT2D eigenvalue weighted by Crippen LogP contribution is 2.56. The molecule has 1 saturated carbocycles. The van der Waals surface area contributed by atoms with E-state index in [0.29, 0.717) is 30.9 Å². The van der Waals surface area contributed by atoms with Crippen LogP contribution in [-0.4, -0.2) is 42.7 Å². The third-order valence-electron chi connectivity index (χ3n) is 6.57. The fraction of sp³-hybridized carbons (Fsp3) is 0.320. The smallest absolute Gasteiger partial charge is 0.258 e. The van der Waals surface area contributed by atoms with E-state index in [4.69, 9.17) is 15.2 Å². The summed E-state index contributed by atoms with van der Waals surface area (Å²) in [7, 11) is 1.78. The van der Waals surface area contributed by atoms with Crippen molar-refractivity contribution in [1.29, 1.82) is 0 Å². The summed E-state index contributed by atoms with van der Waals surface area (Å²) in [4.78, 5) is 21.2. The Morgan fingerprint density at radius 1 is 1.26 bits per heavy atom. The van der Waals surface area contributed by atoms with Gasteiger partial charge in [0.1, 0.15) is 24.4 Å². The van der Waals surface area contributed by atoms with Crippen LogP contribution in [0, 0.1) is 18.6 Å². The standard InChI is InChI=1S/C25H25F2N5O3/c1-13-16(20-22(34-8-7-29-2)23(28)31-12-30-20)9-14(26)10-18(13)32-24(33)15-3-4-17-21(19(15)27)35-11-25(17)5-6-25/h3-4,9-10,12,29H,5-8,11H2,1-2H3,(H,32,33)(H2,28,30,31). The van der Waals surface area contributed by atoms with E-state index in [1.807, 2.05) is 0 Å². The van der Waals surface area contributed by atoms with Gasteiger partial charge >= 0.3 is 0 Å². The van der Waals surface area contributed by atoms with Crippen molar-refractivity contribution >= 4 is 17.4 Å². The molecule has 1 spiro atoms. The molecule has 35 heavy (non-hydrogen) atoms. The maximum atomic E-state index is 15.2. The highest BCUT2D eigenvalue weighted by atomic mass is 19.1. The first-order valence-corrected chi connectivity index (χ1v) is 11.3. The summed E-state index contributed by atoms with van der Waals surface area (Å²) in [5.41, 5.74) is 7.85. The molecule has 8 nitrogen and oxygen atoms in total. The predicted molar refractivity (Wildman–Crippen MR) is 127 cm³/mol. The molecular formula is C25H25F2N5O3. The lowest BCUT2D eigenvalue weighted by molar-refractivity contribution is 0.102. The summed E-state index contributed by atoms with van der Waals surface area (Å²) >= 11 is 0. The van der Waals surface area contributed by atoms with Gasteiger partial charge in [-0.25, -0.2) is 18.7 Å². The lowest BCUT2D eigenvalue weighted by Gasteiger charge is -2.17. The van der Waals surface area contributed by atoms with Crippen molar-refractivity contribution in [1.82, 2.24) is 15.3 Å². The van der Waals surface area contributed by atoms with Crippen molar-refractivity contribution in [2.75, 3.05) is 37.9 Å². The Morgan fingerprint density at radius 2 is 2.06 bits per heavy atom. The van der Waals surface area contributed by atoms with Gasteiger partial charge in [0.05, 0.1) is 12.2 Å². The molecule has 0 atom stereocenters. The van der Waals surface area contributed by atoms with Gasteiger partial charge in [-0.15, -0.1) is 0 Å². The highest BCUT2D eigenvalue weighted by molar-refractivity contribution is 6.05. The number of halogens is 2. The Bertz CT molecular complexity index is 1330. The van der Waals surface area contributed by atoms with E-state index in [0.717, 1.165) is 18.4 Å². The van der Waals surface area contributed by atoms with Crippen LogP contribution >= 0.6 is 0 Å². The zero-order valence-electron chi connectivity index (χ0n) is 19.4. The second-order valence-corrected chi connectivity index (χ2v) is 8.84. The van der Waals surface area contributed by atoms with Crippen molar-refractivity contribution in [3.63, 3.8) is 0 Å². The van der Waals surface area contributed by atoms with Crippen molar-refractivity contribution in [2.24, 2.45) is 0 Å². The number of rotatable bonds is 7. The number of benzene rings is 2. The summed E-state index contributed by atoms with van der Waals surface area (Å²) in [5.74, 6) is -1.59. The fourth-order valence-electron chi connectivity index (χ4n) is 4.36. The molecule has 0 saturated heterocycles. The van der Waals surface area contributed by atoms with E-state index >= 15 is 4.39 Å².